The molecule has 0 unspecified atom stereocenters. The van der Waals surface area contributed by atoms with E-state index < -0.39 is 5.97 Å². The second kappa shape index (κ2) is 9.09. The maximum atomic E-state index is 11.1. The Bertz CT molecular complexity index is 648. The fraction of sp³-hybridized carbons (Fsp3) is 0.176. The van der Waals surface area contributed by atoms with Crippen LogP contribution >= 0.6 is 0 Å². The number of methoxy groups -OCH3 is 1. The first-order valence-corrected chi connectivity index (χ1v) is 6.82. The number of aromatic hydroxyl groups is 2. The number of carbonyl (C=O) groups excluding carboxylic acids is 2. The Labute approximate surface area is 133 Å². The van der Waals surface area contributed by atoms with E-state index in [0.717, 1.165) is 0 Å². The zero-order valence-electron chi connectivity index (χ0n) is 12.9. The number of esters is 2. The average molecular weight is 318 g/mol. The number of benzene rings is 2. The van der Waals surface area contributed by atoms with Gasteiger partial charge in [0, 0.05) is 0 Å². The predicted octanol–water partition coefficient (Wildman–Crippen LogP) is 2.75. The quantitative estimate of drug-likeness (QED) is 0.845. The van der Waals surface area contributed by atoms with Crippen LogP contribution in [0.2, 0.25) is 0 Å². The van der Waals surface area contributed by atoms with Gasteiger partial charge in [0.05, 0.1) is 19.3 Å². The zero-order chi connectivity index (χ0) is 17.2. The lowest BCUT2D eigenvalue weighted by Gasteiger charge is -2.00. The summed E-state index contributed by atoms with van der Waals surface area (Å²) in [6.07, 6.45) is 0. The summed E-state index contributed by atoms with van der Waals surface area (Å²) in [4.78, 5) is 21.9. The Morgan fingerprint density at radius 3 is 2.09 bits per heavy atom. The van der Waals surface area contributed by atoms with Crippen molar-refractivity contribution < 1.29 is 29.3 Å². The summed E-state index contributed by atoms with van der Waals surface area (Å²) in [5.74, 6) is -0.803. The molecular weight excluding hydrogens is 300 g/mol. The minimum absolute atomic E-state index is 0.0562. The van der Waals surface area contributed by atoms with Gasteiger partial charge < -0.3 is 19.7 Å². The van der Waals surface area contributed by atoms with E-state index in [4.69, 9.17) is 14.9 Å². The van der Waals surface area contributed by atoms with Gasteiger partial charge >= 0.3 is 11.9 Å². The van der Waals surface area contributed by atoms with Gasteiger partial charge in [0.2, 0.25) is 0 Å². The van der Waals surface area contributed by atoms with Gasteiger partial charge in [-0.15, -0.1) is 0 Å². The molecule has 6 nitrogen and oxygen atoms in total. The van der Waals surface area contributed by atoms with Crippen LogP contribution in [-0.4, -0.2) is 35.9 Å². The molecule has 2 aromatic carbocycles. The van der Waals surface area contributed by atoms with E-state index in [1.165, 1.54) is 43.5 Å². The van der Waals surface area contributed by atoms with Crippen LogP contribution in [0.25, 0.3) is 0 Å². The molecule has 0 aliphatic rings. The monoisotopic (exact) mass is 318 g/mol. The number of phenolic OH excluding ortho intramolecular Hbond substituents is 2. The molecule has 0 bridgehead atoms. The molecule has 0 saturated heterocycles. The molecule has 0 heterocycles. The summed E-state index contributed by atoms with van der Waals surface area (Å²) >= 11 is 0. The SMILES string of the molecule is CCOC(=O)c1ccc(O)cc1.COC(=O)c1ccccc1O. The van der Waals surface area contributed by atoms with E-state index in [1.54, 1.807) is 19.1 Å². The number of rotatable bonds is 3. The Morgan fingerprint density at radius 2 is 1.57 bits per heavy atom. The molecule has 2 N–H and O–H groups in total. The van der Waals surface area contributed by atoms with Crippen molar-refractivity contribution in [1.82, 2.24) is 0 Å². The molecule has 0 spiro atoms. The van der Waals surface area contributed by atoms with Crippen molar-refractivity contribution in [1.29, 1.82) is 0 Å². The first kappa shape index (κ1) is 18.0. The van der Waals surface area contributed by atoms with Crippen molar-refractivity contribution in [3.63, 3.8) is 0 Å². The molecule has 122 valence electrons. The smallest absolute Gasteiger partial charge is 0.341 e. The number of ether oxygens (including phenoxy) is 2. The molecule has 0 fully saturated rings. The summed E-state index contributed by atoms with van der Waals surface area (Å²) < 4.78 is 9.17. The number of para-hydroxylation sites is 1. The third-order valence-electron chi connectivity index (χ3n) is 2.69. The fourth-order valence-corrected chi connectivity index (χ4v) is 1.57. The van der Waals surface area contributed by atoms with Crippen molar-refractivity contribution in [3.05, 3.63) is 59.7 Å². The molecule has 0 saturated carbocycles. The van der Waals surface area contributed by atoms with Gasteiger partial charge in [-0.3, -0.25) is 0 Å². The number of hydrogen-bond acceptors (Lipinski definition) is 6. The summed E-state index contributed by atoms with van der Waals surface area (Å²) in [6, 6.07) is 12.2. The lowest BCUT2D eigenvalue weighted by atomic mass is 10.2. The molecule has 0 radical (unpaired) electrons. The van der Waals surface area contributed by atoms with Gasteiger partial charge in [0.25, 0.3) is 0 Å². The summed E-state index contributed by atoms with van der Waals surface area (Å²) in [7, 11) is 1.27. The van der Waals surface area contributed by atoms with Gasteiger partial charge in [0.1, 0.15) is 17.1 Å². The molecule has 2 rings (SSSR count). The zero-order valence-corrected chi connectivity index (χ0v) is 12.9. The first-order valence-electron chi connectivity index (χ1n) is 6.82. The maximum Gasteiger partial charge on any atom is 0.341 e. The molecule has 0 aliphatic carbocycles. The predicted molar refractivity (Wildman–Crippen MR) is 83.5 cm³/mol. The standard InChI is InChI=1S/C9H10O3.C8H8O3/c1-2-12-9(11)7-3-5-8(10)6-4-7;1-11-8(10)6-4-2-3-5-7(6)9/h3-6,10H,2H2,1H3;2-5,9H,1H3. The average Bonchev–Trinajstić information content (AvgIpc) is 2.56. The third-order valence-corrected chi connectivity index (χ3v) is 2.69. The second-order valence-electron chi connectivity index (χ2n) is 4.28. The summed E-state index contributed by atoms with van der Waals surface area (Å²) in [6.45, 7) is 2.11. The van der Waals surface area contributed by atoms with E-state index in [-0.39, 0.29) is 23.0 Å². The van der Waals surface area contributed by atoms with E-state index in [0.29, 0.717) is 12.2 Å². The van der Waals surface area contributed by atoms with Crippen molar-refractivity contribution in [2.24, 2.45) is 0 Å². The van der Waals surface area contributed by atoms with Crippen molar-refractivity contribution >= 4 is 11.9 Å². The first-order chi connectivity index (χ1) is 11.0. The third kappa shape index (κ3) is 5.70. The van der Waals surface area contributed by atoms with E-state index in [9.17, 15) is 9.59 Å². The molecule has 0 atom stereocenters. The Hall–Kier alpha value is -3.02. The number of carbonyl (C=O) groups is 2. The molecule has 0 aliphatic heterocycles. The van der Waals surface area contributed by atoms with Crippen molar-refractivity contribution in [2.75, 3.05) is 13.7 Å². The van der Waals surface area contributed by atoms with Crippen LogP contribution < -0.4 is 0 Å². The van der Waals surface area contributed by atoms with Gasteiger partial charge in [-0.2, -0.15) is 0 Å². The summed E-state index contributed by atoms with van der Waals surface area (Å²) in [5, 5.41) is 18.0. The highest BCUT2D eigenvalue weighted by molar-refractivity contribution is 5.92. The van der Waals surface area contributed by atoms with Crippen LogP contribution in [0.15, 0.2) is 48.5 Å². The second-order valence-corrected chi connectivity index (χ2v) is 4.28. The fourth-order valence-electron chi connectivity index (χ4n) is 1.57. The van der Waals surface area contributed by atoms with Gasteiger partial charge in [0.15, 0.2) is 0 Å². The van der Waals surface area contributed by atoms with Crippen LogP contribution in [0, 0.1) is 0 Å². The maximum absolute atomic E-state index is 11.1. The lowest BCUT2D eigenvalue weighted by molar-refractivity contribution is 0.0525. The molecular formula is C17H18O6. The Kier molecular flexibility index (Phi) is 7.13. The highest BCUT2D eigenvalue weighted by Gasteiger charge is 2.08. The summed E-state index contributed by atoms with van der Waals surface area (Å²) in [5.41, 5.74) is 0.643. The van der Waals surface area contributed by atoms with E-state index in [1.807, 2.05) is 0 Å². The molecule has 0 amide bonds. The topological polar surface area (TPSA) is 93.1 Å². The van der Waals surface area contributed by atoms with Crippen LogP contribution in [0.4, 0.5) is 0 Å². The van der Waals surface area contributed by atoms with E-state index >= 15 is 0 Å². The van der Waals surface area contributed by atoms with E-state index in [2.05, 4.69) is 4.74 Å². The largest absolute Gasteiger partial charge is 0.508 e. The highest BCUT2D eigenvalue weighted by atomic mass is 16.5. The molecule has 23 heavy (non-hydrogen) atoms. The Balaban J connectivity index is 0.000000231. The molecule has 2 aromatic rings. The minimum Gasteiger partial charge on any atom is -0.508 e. The highest BCUT2D eigenvalue weighted by Crippen LogP contribution is 2.15. The van der Waals surface area contributed by atoms with Crippen LogP contribution in [-0.2, 0) is 9.47 Å². The van der Waals surface area contributed by atoms with Crippen molar-refractivity contribution in [3.8, 4) is 11.5 Å². The van der Waals surface area contributed by atoms with Gasteiger partial charge in [-0.25, -0.2) is 9.59 Å². The van der Waals surface area contributed by atoms with Crippen LogP contribution in [0.5, 0.6) is 11.5 Å². The van der Waals surface area contributed by atoms with Crippen LogP contribution in [0.3, 0.4) is 0 Å². The molecule has 0 aromatic heterocycles. The van der Waals surface area contributed by atoms with Crippen molar-refractivity contribution in [2.45, 2.75) is 6.92 Å². The Morgan fingerprint density at radius 1 is 0.957 bits per heavy atom. The normalized spacial score (nSPS) is 9.30. The van der Waals surface area contributed by atoms with Crippen LogP contribution in [0.1, 0.15) is 27.6 Å². The lowest BCUT2D eigenvalue weighted by Crippen LogP contribution is -2.03. The van der Waals surface area contributed by atoms with Gasteiger partial charge in [-0.1, -0.05) is 12.1 Å². The van der Waals surface area contributed by atoms with Gasteiger partial charge in [-0.05, 0) is 43.3 Å². The number of phenols is 2. The number of hydrogen-bond donors (Lipinski definition) is 2. The molecule has 6 heteroatoms. The minimum atomic E-state index is -0.525.